The lowest BCUT2D eigenvalue weighted by Gasteiger charge is -2.21. The third-order valence-corrected chi connectivity index (χ3v) is 3.60. The molecule has 6 nitrogen and oxygen atoms in total. The Morgan fingerprint density at radius 3 is 2.29 bits per heavy atom. The summed E-state index contributed by atoms with van der Waals surface area (Å²) in [4.78, 5) is 36.9. The second-order valence-corrected chi connectivity index (χ2v) is 5.38. The third-order valence-electron chi connectivity index (χ3n) is 3.60. The summed E-state index contributed by atoms with van der Waals surface area (Å²) in [5.74, 6) is -0.914. The van der Waals surface area contributed by atoms with E-state index < -0.39 is 11.9 Å². The van der Waals surface area contributed by atoms with Crippen molar-refractivity contribution in [1.29, 1.82) is 0 Å². The minimum atomic E-state index is -0.541. The van der Waals surface area contributed by atoms with Gasteiger partial charge in [0.05, 0.1) is 0 Å². The largest absolute Gasteiger partial charge is 0.366 e. The summed E-state index contributed by atoms with van der Waals surface area (Å²) in [7, 11) is 0. The number of carbonyl (C=O) groups excluding carboxylic acids is 3. The quantitative estimate of drug-likeness (QED) is 0.846. The summed E-state index contributed by atoms with van der Waals surface area (Å²) in [5.41, 5.74) is 5.89. The standard InChI is InChI=1S/C15H19N3O3/c1-9(2)18-8-7-12(15(18)21)17-14(20)11-5-3-10(4-6-11)13(16)19/h3-6,9,12H,7-8H2,1-2H3,(H2,16,19)(H,17,20). The Morgan fingerprint density at radius 1 is 1.24 bits per heavy atom. The van der Waals surface area contributed by atoms with Gasteiger partial charge in [-0.25, -0.2) is 0 Å². The number of primary amides is 1. The van der Waals surface area contributed by atoms with E-state index >= 15 is 0 Å². The molecule has 0 radical (unpaired) electrons. The SMILES string of the molecule is CC(C)N1CCC(NC(=O)c2ccc(C(N)=O)cc2)C1=O. The molecule has 3 amide bonds. The Morgan fingerprint density at radius 2 is 1.81 bits per heavy atom. The molecular weight excluding hydrogens is 270 g/mol. The van der Waals surface area contributed by atoms with Gasteiger partial charge in [-0.3, -0.25) is 14.4 Å². The van der Waals surface area contributed by atoms with Gasteiger partial charge < -0.3 is 16.0 Å². The van der Waals surface area contributed by atoms with Gasteiger partial charge in [0.1, 0.15) is 6.04 Å². The van der Waals surface area contributed by atoms with Crippen molar-refractivity contribution in [3.8, 4) is 0 Å². The van der Waals surface area contributed by atoms with Crippen molar-refractivity contribution in [3.05, 3.63) is 35.4 Å². The van der Waals surface area contributed by atoms with Gasteiger partial charge in [-0.15, -0.1) is 0 Å². The van der Waals surface area contributed by atoms with E-state index in [4.69, 9.17) is 5.73 Å². The number of nitrogens with one attached hydrogen (secondary N) is 1. The van der Waals surface area contributed by atoms with Gasteiger partial charge >= 0.3 is 0 Å². The first-order valence-electron chi connectivity index (χ1n) is 6.91. The first-order valence-corrected chi connectivity index (χ1v) is 6.91. The van der Waals surface area contributed by atoms with Crippen molar-refractivity contribution in [2.24, 2.45) is 5.73 Å². The topological polar surface area (TPSA) is 92.5 Å². The molecule has 0 aromatic heterocycles. The summed E-state index contributed by atoms with van der Waals surface area (Å²) in [5, 5.41) is 2.73. The maximum atomic E-state index is 12.1. The van der Waals surface area contributed by atoms with Gasteiger partial charge in [-0.2, -0.15) is 0 Å². The number of benzene rings is 1. The molecule has 112 valence electrons. The molecule has 1 aliphatic rings. The number of carbonyl (C=O) groups is 3. The van der Waals surface area contributed by atoms with Gasteiger partial charge in [0.25, 0.3) is 5.91 Å². The highest BCUT2D eigenvalue weighted by molar-refractivity contribution is 5.99. The van der Waals surface area contributed by atoms with Crippen LogP contribution >= 0.6 is 0 Å². The first-order chi connectivity index (χ1) is 9.90. The zero-order valence-corrected chi connectivity index (χ0v) is 12.1. The lowest BCUT2D eigenvalue weighted by molar-refractivity contribution is -0.130. The highest BCUT2D eigenvalue weighted by Gasteiger charge is 2.34. The highest BCUT2D eigenvalue weighted by atomic mass is 16.2. The van der Waals surface area contributed by atoms with Crippen molar-refractivity contribution in [2.75, 3.05) is 6.54 Å². The number of nitrogens with zero attached hydrogens (tertiary/aromatic N) is 1. The summed E-state index contributed by atoms with van der Waals surface area (Å²) in [6, 6.07) is 5.69. The molecule has 1 unspecified atom stereocenters. The van der Waals surface area contributed by atoms with Crippen molar-refractivity contribution < 1.29 is 14.4 Å². The molecule has 0 bridgehead atoms. The van der Waals surface area contributed by atoms with Crippen LogP contribution in [-0.4, -0.2) is 41.2 Å². The third kappa shape index (κ3) is 3.21. The predicted octanol–water partition coefficient (Wildman–Crippen LogP) is 0.525. The van der Waals surface area contributed by atoms with E-state index in [1.807, 2.05) is 13.8 Å². The fraction of sp³-hybridized carbons (Fsp3) is 0.400. The Hall–Kier alpha value is -2.37. The lowest BCUT2D eigenvalue weighted by atomic mass is 10.1. The highest BCUT2D eigenvalue weighted by Crippen LogP contribution is 2.15. The average molecular weight is 289 g/mol. The van der Waals surface area contributed by atoms with Gasteiger partial charge in [0.2, 0.25) is 11.8 Å². The van der Waals surface area contributed by atoms with Gasteiger partial charge in [0.15, 0.2) is 0 Å². The van der Waals surface area contributed by atoms with E-state index in [9.17, 15) is 14.4 Å². The van der Waals surface area contributed by atoms with Crippen molar-refractivity contribution in [1.82, 2.24) is 10.2 Å². The Bertz CT molecular complexity index is 566. The average Bonchev–Trinajstić information content (AvgIpc) is 2.80. The normalized spacial score (nSPS) is 18.1. The van der Waals surface area contributed by atoms with Crippen LogP contribution < -0.4 is 11.1 Å². The molecule has 0 saturated carbocycles. The van der Waals surface area contributed by atoms with E-state index in [1.54, 1.807) is 4.90 Å². The summed E-state index contributed by atoms with van der Waals surface area (Å²) < 4.78 is 0. The molecule has 1 aromatic carbocycles. The Labute approximate surface area is 123 Å². The van der Waals surface area contributed by atoms with Crippen molar-refractivity contribution in [2.45, 2.75) is 32.4 Å². The van der Waals surface area contributed by atoms with Crippen LogP contribution in [0.15, 0.2) is 24.3 Å². The zero-order valence-electron chi connectivity index (χ0n) is 12.1. The zero-order chi connectivity index (χ0) is 15.6. The van der Waals surface area contributed by atoms with Crippen LogP contribution in [0.2, 0.25) is 0 Å². The Kier molecular flexibility index (Phi) is 4.26. The number of likely N-dealkylation sites (tertiary alicyclic amines) is 1. The van der Waals surface area contributed by atoms with Gasteiger partial charge in [-0.1, -0.05) is 0 Å². The second-order valence-electron chi connectivity index (χ2n) is 5.38. The minimum absolute atomic E-state index is 0.0490. The van der Waals surface area contributed by atoms with Crippen LogP contribution in [0.4, 0.5) is 0 Å². The van der Waals surface area contributed by atoms with E-state index in [-0.39, 0.29) is 17.9 Å². The van der Waals surface area contributed by atoms with Crippen LogP contribution in [0.25, 0.3) is 0 Å². The van der Waals surface area contributed by atoms with Crippen LogP contribution in [0.3, 0.4) is 0 Å². The smallest absolute Gasteiger partial charge is 0.251 e. The molecule has 0 aliphatic carbocycles. The number of amides is 3. The van der Waals surface area contributed by atoms with Crippen molar-refractivity contribution in [3.63, 3.8) is 0 Å². The molecule has 21 heavy (non-hydrogen) atoms. The number of rotatable bonds is 4. The Balaban J connectivity index is 2.02. The van der Waals surface area contributed by atoms with E-state index in [2.05, 4.69) is 5.32 Å². The molecule has 0 spiro atoms. The monoisotopic (exact) mass is 289 g/mol. The van der Waals surface area contributed by atoms with Crippen LogP contribution in [0, 0.1) is 0 Å². The minimum Gasteiger partial charge on any atom is -0.366 e. The number of hydrogen-bond acceptors (Lipinski definition) is 3. The molecule has 1 saturated heterocycles. The molecular formula is C15H19N3O3. The molecule has 1 aliphatic heterocycles. The first kappa shape index (κ1) is 15.0. The van der Waals surface area contributed by atoms with E-state index in [1.165, 1.54) is 24.3 Å². The van der Waals surface area contributed by atoms with Crippen LogP contribution in [0.5, 0.6) is 0 Å². The summed E-state index contributed by atoms with van der Waals surface area (Å²) in [6.07, 6.45) is 0.613. The van der Waals surface area contributed by atoms with E-state index in [0.717, 1.165) is 0 Å². The molecule has 1 heterocycles. The summed E-state index contributed by atoms with van der Waals surface area (Å²) >= 11 is 0. The molecule has 3 N–H and O–H groups in total. The predicted molar refractivity (Wildman–Crippen MR) is 77.7 cm³/mol. The molecule has 1 atom stereocenters. The molecule has 1 fully saturated rings. The van der Waals surface area contributed by atoms with E-state index in [0.29, 0.717) is 24.1 Å². The fourth-order valence-corrected chi connectivity index (χ4v) is 2.38. The van der Waals surface area contributed by atoms with Crippen LogP contribution in [0.1, 0.15) is 41.0 Å². The number of hydrogen-bond donors (Lipinski definition) is 2. The molecule has 1 aromatic rings. The van der Waals surface area contributed by atoms with Crippen molar-refractivity contribution >= 4 is 17.7 Å². The number of nitrogens with two attached hydrogens (primary N) is 1. The van der Waals surface area contributed by atoms with Crippen LogP contribution in [-0.2, 0) is 4.79 Å². The van der Waals surface area contributed by atoms with Gasteiger partial charge in [-0.05, 0) is 44.5 Å². The summed E-state index contributed by atoms with van der Waals surface area (Å²) in [6.45, 7) is 4.55. The molecule has 6 heteroatoms. The molecule has 2 rings (SSSR count). The maximum Gasteiger partial charge on any atom is 0.251 e. The van der Waals surface area contributed by atoms with Gasteiger partial charge in [0, 0.05) is 23.7 Å². The fourth-order valence-electron chi connectivity index (χ4n) is 2.38. The maximum absolute atomic E-state index is 12.1. The lowest BCUT2D eigenvalue weighted by Crippen LogP contribution is -2.43. The second kappa shape index (κ2) is 5.95.